The van der Waals surface area contributed by atoms with E-state index < -0.39 is 0 Å². The van der Waals surface area contributed by atoms with Crippen LogP contribution in [0.5, 0.6) is 5.75 Å². The molecule has 0 aliphatic carbocycles. The normalized spacial score (nSPS) is 24.5. The van der Waals surface area contributed by atoms with Crippen LogP contribution in [-0.2, 0) is 4.74 Å². The molecule has 3 rings (SSSR count). The highest BCUT2D eigenvalue weighted by molar-refractivity contribution is 9.10. The largest absolute Gasteiger partial charge is 0.489 e. The van der Waals surface area contributed by atoms with Gasteiger partial charge in [-0.05, 0) is 42.5 Å². The topological polar surface area (TPSA) is 42.2 Å². The van der Waals surface area contributed by atoms with Crippen molar-refractivity contribution >= 4 is 27.7 Å². The van der Waals surface area contributed by atoms with E-state index in [9.17, 15) is 5.26 Å². The van der Waals surface area contributed by atoms with Crippen LogP contribution in [0.1, 0.15) is 31.2 Å². The van der Waals surface area contributed by atoms with Crippen molar-refractivity contribution in [3.63, 3.8) is 0 Å². The maximum atomic E-state index is 9.24. The zero-order valence-corrected chi connectivity index (χ0v) is 14.2. The molecule has 0 amide bonds. The quantitative estimate of drug-likeness (QED) is 0.787. The molecule has 0 bridgehead atoms. The van der Waals surface area contributed by atoms with Crippen LogP contribution >= 0.6 is 27.7 Å². The van der Waals surface area contributed by atoms with Crippen LogP contribution < -0.4 is 4.74 Å². The van der Waals surface area contributed by atoms with E-state index in [1.165, 1.54) is 11.5 Å². The highest BCUT2D eigenvalue weighted by Gasteiger charge is 2.39. The summed E-state index contributed by atoms with van der Waals surface area (Å²) in [4.78, 5) is 0. The Morgan fingerprint density at radius 2 is 2.19 bits per heavy atom. The van der Waals surface area contributed by atoms with Gasteiger partial charge in [-0.3, -0.25) is 0 Å². The van der Waals surface area contributed by atoms with E-state index in [1.807, 2.05) is 30.0 Å². The molecule has 1 atom stereocenters. The second-order valence-electron chi connectivity index (χ2n) is 5.63. The van der Waals surface area contributed by atoms with E-state index >= 15 is 0 Å². The third-order valence-electron chi connectivity index (χ3n) is 4.21. The molecule has 2 saturated heterocycles. The minimum absolute atomic E-state index is 0.0103. The van der Waals surface area contributed by atoms with Crippen molar-refractivity contribution in [1.29, 1.82) is 5.26 Å². The molecule has 2 aliphatic rings. The standard InChI is InChI=1S/C16H18BrNO2S/c17-13-1-2-15(12(9-13)11-18)20-14-3-6-19-16(10-14)4-7-21-8-5-16/h1-2,9,14H,3-8,10H2. The first-order valence-corrected chi connectivity index (χ1v) is 9.24. The number of hydrogen-bond acceptors (Lipinski definition) is 4. The number of halogens is 1. The molecule has 0 radical (unpaired) electrons. The molecule has 3 nitrogen and oxygen atoms in total. The van der Waals surface area contributed by atoms with Gasteiger partial charge in [-0.25, -0.2) is 0 Å². The number of nitriles is 1. The van der Waals surface area contributed by atoms with E-state index in [-0.39, 0.29) is 11.7 Å². The lowest BCUT2D eigenvalue weighted by molar-refractivity contribution is -0.116. The highest BCUT2D eigenvalue weighted by atomic mass is 79.9. The fourth-order valence-electron chi connectivity index (χ4n) is 3.05. The highest BCUT2D eigenvalue weighted by Crippen LogP contribution is 2.39. The Bertz CT molecular complexity index is 546. The van der Waals surface area contributed by atoms with Crippen molar-refractivity contribution in [2.75, 3.05) is 18.1 Å². The zero-order valence-electron chi connectivity index (χ0n) is 11.8. The lowest BCUT2D eigenvalue weighted by atomic mass is 9.86. The molecule has 21 heavy (non-hydrogen) atoms. The predicted octanol–water partition coefficient (Wildman–Crippen LogP) is 4.14. The van der Waals surface area contributed by atoms with Gasteiger partial charge in [-0.15, -0.1) is 0 Å². The van der Waals surface area contributed by atoms with Gasteiger partial charge in [0.1, 0.15) is 17.9 Å². The Balaban J connectivity index is 1.71. The second-order valence-corrected chi connectivity index (χ2v) is 7.77. The summed E-state index contributed by atoms with van der Waals surface area (Å²) in [5.74, 6) is 3.04. The molecule has 5 heteroatoms. The van der Waals surface area contributed by atoms with Crippen LogP contribution in [0.15, 0.2) is 22.7 Å². The number of benzene rings is 1. The molecule has 0 aromatic heterocycles. The zero-order chi connectivity index (χ0) is 14.7. The average Bonchev–Trinajstić information content (AvgIpc) is 2.50. The summed E-state index contributed by atoms with van der Waals surface area (Å²) in [6.07, 6.45) is 4.21. The van der Waals surface area contributed by atoms with Gasteiger partial charge >= 0.3 is 0 Å². The van der Waals surface area contributed by atoms with Gasteiger partial charge in [0.2, 0.25) is 0 Å². The van der Waals surface area contributed by atoms with Crippen molar-refractivity contribution in [3.05, 3.63) is 28.2 Å². The van der Waals surface area contributed by atoms with E-state index in [0.29, 0.717) is 11.3 Å². The van der Waals surface area contributed by atoms with Gasteiger partial charge < -0.3 is 9.47 Å². The summed E-state index contributed by atoms with van der Waals surface area (Å²) in [6.45, 7) is 0.758. The smallest absolute Gasteiger partial charge is 0.137 e. The third kappa shape index (κ3) is 3.56. The average molecular weight is 368 g/mol. The van der Waals surface area contributed by atoms with E-state index in [0.717, 1.165) is 36.8 Å². The first kappa shape index (κ1) is 15.2. The van der Waals surface area contributed by atoms with Crippen molar-refractivity contribution in [2.24, 2.45) is 0 Å². The Kier molecular flexibility index (Phi) is 4.78. The molecule has 2 aliphatic heterocycles. The van der Waals surface area contributed by atoms with E-state index in [1.54, 1.807) is 0 Å². The molecular formula is C16H18BrNO2S. The third-order valence-corrected chi connectivity index (χ3v) is 5.69. The van der Waals surface area contributed by atoms with Crippen molar-refractivity contribution in [1.82, 2.24) is 0 Å². The van der Waals surface area contributed by atoms with Crippen molar-refractivity contribution in [3.8, 4) is 11.8 Å². The Morgan fingerprint density at radius 1 is 1.38 bits per heavy atom. The maximum absolute atomic E-state index is 9.24. The molecule has 0 saturated carbocycles. The minimum Gasteiger partial charge on any atom is -0.489 e. The molecule has 1 aromatic rings. The SMILES string of the molecule is N#Cc1cc(Br)ccc1OC1CCOC2(CCSCC2)C1. The number of rotatable bonds is 2. The summed E-state index contributed by atoms with van der Waals surface area (Å²) in [5.41, 5.74) is 0.597. The fraction of sp³-hybridized carbons (Fsp3) is 0.562. The summed E-state index contributed by atoms with van der Waals surface area (Å²) in [7, 11) is 0. The van der Waals surface area contributed by atoms with Gasteiger partial charge in [0.05, 0.1) is 17.8 Å². The Labute approximate surface area is 138 Å². The molecule has 1 spiro atoms. The molecule has 2 heterocycles. The number of thioether (sulfide) groups is 1. The van der Waals surface area contributed by atoms with Crippen LogP contribution in [0.4, 0.5) is 0 Å². The first-order valence-electron chi connectivity index (χ1n) is 7.29. The molecule has 0 N–H and O–H groups in total. The van der Waals surface area contributed by atoms with Crippen LogP contribution in [0.25, 0.3) is 0 Å². The molecular weight excluding hydrogens is 350 g/mol. The van der Waals surface area contributed by atoms with Gasteiger partial charge in [0, 0.05) is 17.3 Å². The van der Waals surface area contributed by atoms with Crippen LogP contribution in [0.2, 0.25) is 0 Å². The summed E-state index contributed by atoms with van der Waals surface area (Å²) < 4.78 is 13.1. The first-order chi connectivity index (χ1) is 10.2. The van der Waals surface area contributed by atoms with Gasteiger partial charge in [-0.1, -0.05) is 15.9 Å². The van der Waals surface area contributed by atoms with Crippen molar-refractivity contribution in [2.45, 2.75) is 37.4 Å². The number of hydrogen-bond donors (Lipinski definition) is 0. The monoisotopic (exact) mass is 367 g/mol. The molecule has 2 fully saturated rings. The fourth-order valence-corrected chi connectivity index (χ4v) is 4.65. The van der Waals surface area contributed by atoms with Gasteiger partial charge in [0.15, 0.2) is 0 Å². The molecule has 112 valence electrons. The number of ether oxygens (including phenoxy) is 2. The van der Waals surface area contributed by atoms with E-state index in [2.05, 4.69) is 22.0 Å². The Morgan fingerprint density at radius 3 is 2.95 bits per heavy atom. The minimum atomic E-state index is 0.0103. The van der Waals surface area contributed by atoms with Gasteiger partial charge in [0.25, 0.3) is 0 Å². The summed E-state index contributed by atoms with van der Waals surface area (Å²) in [5, 5.41) is 9.24. The lowest BCUT2D eigenvalue weighted by Gasteiger charge is -2.43. The number of nitrogens with zero attached hydrogens (tertiary/aromatic N) is 1. The van der Waals surface area contributed by atoms with Crippen LogP contribution in [-0.4, -0.2) is 29.8 Å². The van der Waals surface area contributed by atoms with Crippen molar-refractivity contribution < 1.29 is 9.47 Å². The summed E-state index contributed by atoms with van der Waals surface area (Å²) >= 11 is 5.40. The maximum Gasteiger partial charge on any atom is 0.137 e. The van der Waals surface area contributed by atoms with Crippen LogP contribution in [0.3, 0.4) is 0 Å². The lowest BCUT2D eigenvalue weighted by Crippen LogP contribution is -2.46. The Hall–Kier alpha value is -0.700. The second kappa shape index (κ2) is 6.60. The molecule has 1 aromatic carbocycles. The predicted molar refractivity (Wildman–Crippen MR) is 87.7 cm³/mol. The van der Waals surface area contributed by atoms with Crippen LogP contribution in [0, 0.1) is 11.3 Å². The van der Waals surface area contributed by atoms with Gasteiger partial charge in [-0.2, -0.15) is 17.0 Å². The molecule has 1 unspecified atom stereocenters. The van der Waals surface area contributed by atoms with E-state index in [4.69, 9.17) is 9.47 Å². The summed E-state index contributed by atoms with van der Waals surface area (Å²) in [6, 6.07) is 7.81.